The van der Waals surface area contributed by atoms with Gasteiger partial charge in [-0.05, 0) is 106 Å². The lowest BCUT2D eigenvalue weighted by atomic mass is 9.85. The van der Waals surface area contributed by atoms with Gasteiger partial charge in [-0.1, -0.05) is 45.0 Å². The van der Waals surface area contributed by atoms with Crippen LogP contribution in [0.4, 0.5) is 4.39 Å². The quantitative estimate of drug-likeness (QED) is 0.278. The predicted molar refractivity (Wildman–Crippen MR) is 184 cm³/mol. The summed E-state index contributed by atoms with van der Waals surface area (Å²) in [5.41, 5.74) is 3.88. The fraction of sp³-hybridized carbons (Fsp3) is 0.579. The summed E-state index contributed by atoms with van der Waals surface area (Å²) < 4.78 is 22.5. The minimum Gasteiger partial charge on any atom is -0.548 e. The van der Waals surface area contributed by atoms with Gasteiger partial charge in [0, 0.05) is 50.1 Å². The molecular formula is C38H56FN5O3. The molecule has 8 nitrogen and oxygen atoms in total. The number of carboxylic acids is 1. The highest BCUT2D eigenvalue weighted by molar-refractivity contribution is 5.72. The van der Waals surface area contributed by atoms with E-state index in [0.29, 0.717) is 19.0 Å². The van der Waals surface area contributed by atoms with Crippen LogP contribution in [-0.4, -0.2) is 69.9 Å². The second kappa shape index (κ2) is 14.9. The van der Waals surface area contributed by atoms with Crippen LogP contribution in [0, 0.1) is 17.2 Å². The van der Waals surface area contributed by atoms with Crippen LogP contribution in [-0.2, 0) is 17.8 Å². The fourth-order valence-corrected chi connectivity index (χ4v) is 7.60. The molecule has 0 spiro atoms. The molecule has 258 valence electrons. The van der Waals surface area contributed by atoms with E-state index in [1.54, 1.807) is 12.1 Å². The fourth-order valence-electron chi connectivity index (χ4n) is 7.60. The van der Waals surface area contributed by atoms with Gasteiger partial charge in [-0.2, -0.15) is 5.10 Å². The first-order valence-corrected chi connectivity index (χ1v) is 17.0. The molecule has 1 aromatic heterocycles. The van der Waals surface area contributed by atoms with Gasteiger partial charge in [0.2, 0.25) is 0 Å². The third-order valence-corrected chi connectivity index (χ3v) is 9.55. The van der Waals surface area contributed by atoms with E-state index in [1.165, 1.54) is 17.3 Å². The van der Waals surface area contributed by atoms with Gasteiger partial charge < -0.3 is 25.7 Å². The van der Waals surface area contributed by atoms with Gasteiger partial charge in [-0.25, -0.2) is 4.39 Å². The van der Waals surface area contributed by atoms with Crippen LogP contribution in [0.2, 0.25) is 0 Å². The van der Waals surface area contributed by atoms with Crippen molar-refractivity contribution < 1.29 is 19.0 Å². The molecule has 9 heteroatoms. The van der Waals surface area contributed by atoms with E-state index in [1.807, 2.05) is 39.0 Å². The Labute approximate surface area is 280 Å². The maximum Gasteiger partial charge on any atom is 0.123 e. The third-order valence-electron chi connectivity index (χ3n) is 9.55. The normalized spacial score (nSPS) is 20.6. The number of hydrogen-bond acceptors (Lipinski definition) is 6. The van der Waals surface area contributed by atoms with Crippen molar-refractivity contribution in [2.75, 3.05) is 32.7 Å². The first-order chi connectivity index (χ1) is 21.7. The molecule has 2 aliphatic rings. The zero-order valence-corrected chi connectivity index (χ0v) is 29.8. The van der Waals surface area contributed by atoms with E-state index in [2.05, 4.69) is 60.4 Å². The number of quaternary nitrogens is 1. The van der Waals surface area contributed by atoms with Crippen LogP contribution in [0.3, 0.4) is 0 Å². The molecule has 2 saturated heterocycles. The molecule has 47 heavy (non-hydrogen) atoms. The molecule has 0 aliphatic carbocycles. The average molecular weight is 650 g/mol. The van der Waals surface area contributed by atoms with Gasteiger partial charge in [0.15, 0.2) is 0 Å². The minimum absolute atomic E-state index is 0. The Morgan fingerprint density at radius 2 is 1.70 bits per heavy atom. The molecule has 5 rings (SSSR count). The largest absolute Gasteiger partial charge is 0.548 e. The summed E-state index contributed by atoms with van der Waals surface area (Å²) in [7, 11) is 0. The second-order valence-corrected chi connectivity index (χ2v) is 15.4. The summed E-state index contributed by atoms with van der Waals surface area (Å²) in [6.07, 6.45) is 2.89. The standard InChI is InChI=1S/C38H53FN4O3.H3N/c1-8-43-34(22-31(40-43)20-26-12-14-32(15-13-26)46-38(5,6)7)27-16-18-41(19-17-27)23-29-24-42(35(36(44)45)37(2,3)4)25-33(29)28-10-9-11-30(39)21-28;/h9-15,21-22,27,29,33,35H,8,16-20,23-25H2,1-7H3,(H,44,45);1H3/t29-,33+,35-;/m0./s1. The summed E-state index contributed by atoms with van der Waals surface area (Å²) >= 11 is 0. The molecule has 0 saturated carbocycles. The number of aryl methyl sites for hydroxylation is 1. The topological polar surface area (TPSA) is 110 Å². The Morgan fingerprint density at radius 3 is 2.28 bits per heavy atom. The van der Waals surface area contributed by atoms with Crippen molar-refractivity contribution in [3.63, 3.8) is 0 Å². The van der Waals surface area contributed by atoms with Crippen LogP contribution in [0.25, 0.3) is 0 Å². The highest BCUT2D eigenvalue weighted by Crippen LogP contribution is 2.39. The van der Waals surface area contributed by atoms with Gasteiger partial charge in [-0.3, -0.25) is 9.58 Å². The molecule has 0 unspecified atom stereocenters. The molecule has 3 aromatic rings. The van der Waals surface area contributed by atoms with Gasteiger partial charge in [-0.15, -0.1) is 0 Å². The van der Waals surface area contributed by atoms with Gasteiger partial charge in [0.1, 0.15) is 17.2 Å². The number of aromatic nitrogens is 2. The molecule has 3 atom stereocenters. The molecule has 0 bridgehead atoms. The predicted octanol–water partition coefficient (Wildman–Crippen LogP) is 6.25. The first-order valence-electron chi connectivity index (χ1n) is 17.0. The van der Waals surface area contributed by atoms with Crippen LogP contribution < -0.4 is 16.0 Å². The summed E-state index contributed by atoms with van der Waals surface area (Å²) in [6, 6.07) is 16.8. The Bertz CT molecular complexity index is 1470. The van der Waals surface area contributed by atoms with Crippen LogP contribution in [0.15, 0.2) is 54.6 Å². The number of nitrogens with zero attached hydrogens (tertiary/aromatic N) is 4. The summed E-state index contributed by atoms with van der Waals surface area (Å²) in [5.74, 6) is 0.309. The third kappa shape index (κ3) is 9.21. The summed E-state index contributed by atoms with van der Waals surface area (Å²) in [6.45, 7) is 19.1. The monoisotopic (exact) mass is 649 g/mol. The number of ether oxygens (including phenoxy) is 1. The Balaban J connectivity index is 0.00000500. The average Bonchev–Trinajstić information content (AvgIpc) is 3.56. The summed E-state index contributed by atoms with van der Waals surface area (Å²) in [4.78, 5) is 16.9. The summed E-state index contributed by atoms with van der Waals surface area (Å²) in [5, 5.41) is 17.3. The number of aliphatic carboxylic acids is 1. The molecular weight excluding hydrogens is 593 g/mol. The number of carbonyl (C=O) groups excluding carboxylic acids is 1. The Kier molecular flexibility index (Phi) is 11.6. The van der Waals surface area contributed by atoms with Crippen LogP contribution >= 0.6 is 0 Å². The van der Waals surface area contributed by atoms with Crippen molar-refractivity contribution in [3.8, 4) is 5.75 Å². The Morgan fingerprint density at radius 1 is 1.02 bits per heavy atom. The molecule has 3 heterocycles. The van der Waals surface area contributed by atoms with E-state index in [4.69, 9.17) is 9.84 Å². The molecule has 2 aliphatic heterocycles. The van der Waals surface area contributed by atoms with E-state index >= 15 is 0 Å². The highest BCUT2D eigenvalue weighted by atomic mass is 19.1. The first kappa shape index (κ1) is 36.6. The lowest BCUT2D eigenvalue weighted by Crippen LogP contribution is -2.54. The zero-order valence-electron chi connectivity index (χ0n) is 29.8. The van der Waals surface area contributed by atoms with E-state index in [9.17, 15) is 14.3 Å². The molecule has 2 aromatic carbocycles. The number of rotatable bonds is 10. The van der Waals surface area contributed by atoms with Crippen molar-refractivity contribution in [1.82, 2.24) is 25.7 Å². The zero-order chi connectivity index (χ0) is 33.2. The maximum absolute atomic E-state index is 14.3. The highest BCUT2D eigenvalue weighted by Gasteiger charge is 2.42. The lowest BCUT2D eigenvalue weighted by molar-refractivity contribution is -0.314. The molecule has 4 N–H and O–H groups in total. The number of hydrogen-bond donors (Lipinski definition) is 1. The SMILES string of the molecule is CCn1nc(Cc2ccc(OC(C)(C)C)cc2)cc1C1CCN(C[C@H]2CN([C@@H](C(=O)[O-])C(C)(C)C)C[C@@H]2c2cccc(F)c2)CC1.[NH4+]. The van der Waals surface area contributed by atoms with Crippen molar-refractivity contribution >= 4 is 5.97 Å². The van der Waals surface area contributed by atoms with Gasteiger partial charge in [0.25, 0.3) is 0 Å². The number of piperidine rings is 1. The molecule has 2 fully saturated rings. The maximum atomic E-state index is 14.3. The number of carbonyl (C=O) groups is 1. The number of benzene rings is 2. The molecule has 0 amide bonds. The Hall–Kier alpha value is -3.27. The van der Waals surface area contributed by atoms with E-state index in [-0.39, 0.29) is 29.4 Å². The van der Waals surface area contributed by atoms with Gasteiger partial charge >= 0.3 is 0 Å². The van der Waals surface area contributed by atoms with Crippen LogP contribution in [0.1, 0.15) is 95.7 Å². The number of halogens is 1. The van der Waals surface area contributed by atoms with Crippen LogP contribution in [0.5, 0.6) is 5.75 Å². The smallest absolute Gasteiger partial charge is 0.123 e. The molecule has 0 radical (unpaired) electrons. The van der Waals surface area contributed by atoms with Crippen molar-refractivity contribution in [2.45, 2.75) is 97.8 Å². The van der Waals surface area contributed by atoms with Crippen molar-refractivity contribution in [1.29, 1.82) is 0 Å². The van der Waals surface area contributed by atoms with Crippen molar-refractivity contribution in [3.05, 3.63) is 82.9 Å². The number of likely N-dealkylation sites (tertiary alicyclic amines) is 2. The minimum atomic E-state index is -1.04. The van der Waals surface area contributed by atoms with E-state index < -0.39 is 17.4 Å². The van der Waals surface area contributed by atoms with Crippen molar-refractivity contribution in [2.24, 2.45) is 11.3 Å². The second-order valence-electron chi connectivity index (χ2n) is 15.4. The number of carboxylic acid groups (broad SMARTS) is 1. The van der Waals surface area contributed by atoms with Gasteiger partial charge in [0.05, 0.1) is 17.7 Å². The van der Waals surface area contributed by atoms with E-state index in [0.717, 1.165) is 62.4 Å². The lowest BCUT2D eigenvalue weighted by Gasteiger charge is -2.39.